The molecule has 0 heterocycles. The van der Waals surface area contributed by atoms with Crippen LogP contribution >= 0.6 is 0 Å². The van der Waals surface area contributed by atoms with Gasteiger partial charge in [0, 0.05) is 0 Å². The molecule has 2 nitrogen and oxygen atoms in total. The lowest BCUT2D eigenvalue weighted by Crippen LogP contribution is -2.44. The number of hydrogen-bond donors (Lipinski definition) is 0. The molecule has 0 saturated carbocycles. The van der Waals surface area contributed by atoms with E-state index in [-0.39, 0.29) is 0 Å². The first-order valence-electron chi connectivity index (χ1n) is 4.46. The van der Waals surface area contributed by atoms with Gasteiger partial charge in [0.15, 0.2) is 0 Å². The number of nitrogens with zero attached hydrogens (tertiary/aromatic N) is 2. The minimum atomic E-state index is -0.950. The molecule has 0 spiro atoms. The summed E-state index contributed by atoms with van der Waals surface area (Å²) >= 11 is 0. The average molecular weight is 186 g/mol. The van der Waals surface area contributed by atoms with Gasteiger partial charge in [0.2, 0.25) is 9.12 Å². The van der Waals surface area contributed by atoms with Crippen LogP contribution in [0.1, 0.15) is 13.8 Å². The molecule has 72 valence electrons. The minimum Gasteiger partial charge on any atom is -0.317 e. The predicted molar refractivity (Wildman–Crippen MR) is 58.5 cm³/mol. The van der Waals surface area contributed by atoms with Crippen molar-refractivity contribution in [1.29, 1.82) is 0 Å². The number of hydrogen-bond acceptors (Lipinski definition) is 2. The monoisotopic (exact) mass is 186 g/mol. The van der Waals surface area contributed by atoms with E-state index >= 15 is 0 Å². The zero-order valence-corrected chi connectivity index (χ0v) is 10.4. The highest BCUT2D eigenvalue weighted by molar-refractivity contribution is 6.58. The van der Waals surface area contributed by atoms with Crippen LogP contribution < -0.4 is 0 Å². The molecule has 3 heteroatoms. The van der Waals surface area contributed by atoms with Crippen LogP contribution in [0.2, 0.25) is 0 Å². The van der Waals surface area contributed by atoms with Gasteiger partial charge in [0.05, 0.1) is 0 Å². The first-order valence-corrected chi connectivity index (χ1v) is 6.16. The number of allylic oxidation sites excluding steroid dienone is 1. The highest BCUT2D eigenvalue weighted by Crippen LogP contribution is 1.98. The van der Waals surface area contributed by atoms with E-state index in [9.17, 15) is 0 Å². The van der Waals surface area contributed by atoms with Gasteiger partial charge in [-0.2, -0.15) is 0 Å². The van der Waals surface area contributed by atoms with Crippen LogP contribution in [-0.4, -0.2) is 46.4 Å². The van der Waals surface area contributed by atoms with Crippen LogP contribution in [0.4, 0.5) is 0 Å². The molecule has 0 aliphatic heterocycles. The summed E-state index contributed by atoms with van der Waals surface area (Å²) in [5.41, 5.74) is 2.38. The fourth-order valence-electron chi connectivity index (χ4n) is 1.13. The van der Waals surface area contributed by atoms with Crippen LogP contribution in [0.5, 0.6) is 0 Å². The van der Waals surface area contributed by atoms with E-state index in [0.717, 1.165) is 0 Å². The third-order valence-corrected chi connectivity index (χ3v) is 4.41. The summed E-state index contributed by atoms with van der Waals surface area (Å²) in [5, 5.41) is 0. The van der Waals surface area contributed by atoms with E-state index in [1.807, 2.05) is 0 Å². The fourth-order valence-corrected chi connectivity index (χ4v) is 3.38. The molecule has 0 aliphatic carbocycles. The molecular weight excluding hydrogens is 164 g/mol. The Hall–Kier alpha value is -0.123. The van der Waals surface area contributed by atoms with E-state index in [2.05, 4.69) is 62.9 Å². The second kappa shape index (κ2) is 5.51. The maximum atomic E-state index is 2.38. The quantitative estimate of drug-likeness (QED) is 0.606. The van der Waals surface area contributed by atoms with Gasteiger partial charge in [-0.25, -0.2) is 0 Å². The van der Waals surface area contributed by atoms with Gasteiger partial charge < -0.3 is 9.13 Å². The van der Waals surface area contributed by atoms with E-state index in [0.29, 0.717) is 5.92 Å². The third-order valence-electron chi connectivity index (χ3n) is 1.73. The lowest BCUT2D eigenvalue weighted by molar-refractivity contribution is 0.529. The zero-order chi connectivity index (χ0) is 9.72. The SMILES string of the molecule is CC(C)C=C[SiH](N(C)C)N(C)C. The lowest BCUT2D eigenvalue weighted by atomic mass is 10.2. The smallest absolute Gasteiger partial charge is 0.214 e. The molecule has 0 atom stereocenters. The average Bonchev–Trinajstić information content (AvgIpc) is 1.84. The van der Waals surface area contributed by atoms with E-state index < -0.39 is 9.12 Å². The molecule has 0 radical (unpaired) electrons. The largest absolute Gasteiger partial charge is 0.317 e. The third kappa shape index (κ3) is 4.69. The van der Waals surface area contributed by atoms with Crippen molar-refractivity contribution >= 4 is 9.12 Å². The summed E-state index contributed by atoms with van der Waals surface area (Å²) < 4.78 is 4.66. The minimum absolute atomic E-state index is 0.667. The van der Waals surface area contributed by atoms with Crippen LogP contribution in [0, 0.1) is 5.92 Å². The molecular formula is C9H22N2Si. The Morgan fingerprint density at radius 1 is 1.00 bits per heavy atom. The van der Waals surface area contributed by atoms with Crippen molar-refractivity contribution in [2.45, 2.75) is 13.8 Å². The first kappa shape index (κ1) is 11.9. The molecule has 0 rings (SSSR count). The number of rotatable bonds is 4. The topological polar surface area (TPSA) is 6.48 Å². The summed E-state index contributed by atoms with van der Waals surface area (Å²) in [4.78, 5) is 0. The normalized spacial score (nSPS) is 13.2. The molecule has 0 bridgehead atoms. The van der Waals surface area contributed by atoms with Gasteiger partial charge in [-0.05, 0) is 34.1 Å². The second-order valence-corrected chi connectivity index (χ2v) is 7.25. The second-order valence-electron chi connectivity index (χ2n) is 3.97. The van der Waals surface area contributed by atoms with Crippen LogP contribution in [0.3, 0.4) is 0 Å². The molecule has 12 heavy (non-hydrogen) atoms. The van der Waals surface area contributed by atoms with Crippen LogP contribution in [0.25, 0.3) is 0 Å². The Balaban J connectivity index is 4.14. The summed E-state index contributed by atoms with van der Waals surface area (Å²) in [6.07, 6.45) is 2.30. The van der Waals surface area contributed by atoms with Crippen molar-refractivity contribution in [2.24, 2.45) is 5.92 Å². The van der Waals surface area contributed by atoms with E-state index in [4.69, 9.17) is 0 Å². The molecule has 0 amide bonds. The summed E-state index contributed by atoms with van der Waals surface area (Å²) in [6.45, 7) is 4.43. The Bertz CT molecular complexity index is 133. The standard InChI is InChI=1S/C9H22N2Si/c1-9(2)7-8-12(10(3)4)11(5)6/h7-9,12H,1-6H3. The van der Waals surface area contributed by atoms with Crippen molar-refractivity contribution in [1.82, 2.24) is 9.13 Å². The van der Waals surface area contributed by atoms with Crippen molar-refractivity contribution in [2.75, 3.05) is 28.2 Å². The van der Waals surface area contributed by atoms with Gasteiger partial charge in [-0.3, -0.25) is 0 Å². The molecule has 0 unspecified atom stereocenters. The van der Waals surface area contributed by atoms with Crippen LogP contribution in [0.15, 0.2) is 11.8 Å². The molecule has 0 N–H and O–H groups in total. The van der Waals surface area contributed by atoms with Gasteiger partial charge in [-0.15, -0.1) is 0 Å². The maximum Gasteiger partial charge on any atom is 0.214 e. The highest BCUT2D eigenvalue weighted by Gasteiger charge is 2.11. The molecule has 0 saturated heterocycles. The molecule has 0 aliphatic rings. The zero-order valence-electron chi connectivity index (χ0n) is 9.20. The Labute approximate surface area is 78.6 Å². The predicted octanol–water partition coefficient (Wildman–Crippen LogP) is 1.08. The fraction of sp³-hybridized carbons (Fsp3) is 0.778. The van der Waals surface area contributed by atoms with E-state index in [1.165, 1.54) is 0 Å². The Morgan fingerprint density at radius 3 is 1.67 bits per heavy atom. The van der Waals surface area contributed by atoms with E-state index in [1.54, 1.807) is 0 Å². The summed E-state index contributed by atoms with van der Waals surface area (Å²) in [6, 6.07) is 0. The van der Waals surface area contributed by atoms with Crippen LogP contribution in [-0.2, 0) is 0 Å². The molecule has 0 aromatic carbocycles. The van der Waals surface area contributed by atoms with Crippen molar-refractivity contribution < 1.29 is 0 Å². The van der Waals surface area contributed by atoms with Crippen molar-refractivity contribution in [3.63, 3.8) is 0 Å². The Morgan fingerprint density at radius 2 is 1.42 bits per heavy atom. The highest BCUT2D eigenvalue weighted by atomic mass is 28.3. The summed E-state index contributed by atoms with van der Waals surface area (Å²) in [7, 11) is 7.67. The maximum absolute atomic E-state index is 2.38. The van der Waals surface area contributed by atoms with Crippen molar-refractivity contribution in [3.8, 4) is 0 Å². The van der Waals surface area contributed by atoms with Gasteiger partial charge >= 0.3 is 0 Å². The summed E-state index contributed by atoms with van der Waals surface area (Å²) in [5.74, 6) is 0.667. The Kier molecular flexibility index (Phi) is 5.45. The molecule has 0 fully saturated rings. The lowest BCUT2D eigenvalue weighted by Gasteiger charge is -2.25. The van der Waals surface area contributed by atoms with Gasteiger partial charge in [0.25, 0.3) is 0 Å². The first-order chi connectivity index (χ1) is 5.45. The van der Waals surface area contributed by atoms with Crippen molar-refractivity contribution in [3.05, 3.63) is 11.8 Å². The van der Waals surface area contributed by atoms with Gasteiger partial charge in [-0.1, -0.05) is 25.6 Å². The molecule has 0 aromatic rings. The molecule has 0 aromatic heterocycles. The van der Waals surface area contributed by atoms with Gasteiger partial charge in [0.1, 0.15) is 0 Å².